The van der Waals surface area contributed by atoms with E-state index in [-0.39, 0.29) is 0 Å². The standard InChI is InChI=1S/C14H19N3O/c1-3-14(18,4-2)10-16-13-9-15-11-7-5-6-8-12(11)17-13/h5-9,18H,3-4,10H2,1-2H3,(H,16,17). The highest BCUT2D eigenvalue weighted by atomic mass is 16.3. The second-order valence-electron chi connectivity index (χ2n) is 4.53. The van der Waals surface area contributed by atoms with Crippen LogP contribution in [0, 0.1) is 0 Å². The van der Waals surface area contributed by atoms with E-state index in [1.165, 1.54) is 0 Å². The maximum Gasteiger partial charge on any atom is 0.145 e. The highest BCUT2D eigenvalue weighted by Crippen LogP contribution is 2.16. The zero-order valence-corrected chi connectivity index (χ0v) is 10.8. The van der Waals surface area contributed by atoms with Gasteiger partial charge in [0.2, 0.25) is 0 Å². The van der Waals surface area contributed by atoms with Crippen LogP contribution in [0.3, 0.4) is 0 Å². The normalized spacial score (nSPS) is 11.7. The summed E-state index contributed by atoms with van der Waals surface area (Å²) in [5.41, 5.74) is 1.07. The molecule has 2 aromatic rings. The van der Waals surface area contributed by atoms with Crippen LogP contribution in [0.2, 0.25) is 0 Å². The first-order chi connectivity index (χ1) is 8.67. The van der Waals surface area contributed by atoms with Crippen molar-refractivity contribution in [2.45, 2.75) is 32.3 Å². The molecule has 4 nitrogen and oxygen atoms in total. The van der Waals surface area contributed by atoms with Gasteiger partial charge in [0.15, 0.2) is 0 Å². The van der Waals surface area contributed by atoms with Gasteiger partial charge in [-0.1, -0.05) is 26.0 Å². The number of aliphatic hydroxyl groups is 1. The molecule has 0 aliphatic carbocycles. The number of para-hydroxylation sites is 2. The van der Waals surface area contributed by atoms with E-state index in [1.54, 1.807) is 6.20 Å². The van der Waals surface area contributed by atoms with E-state index in [9.17, 15) is 5.11 Å². The quantitative estimate of drug-likeness (QED) is 0.850. The lowest BCUT2D eigenvalue weighted by Crippen LogP contribution is -2.35. The maximum absolute atomic E-state index is 10.2. The summed E-state index contributed by atoms with van der Waals surface area (Å²) in [5, 5.41) is 13.3. The summed E-state index contributed by atoms with van der Waals surface area (Å²) in [6, 6.07) is 7.74. The van der Waals surface area contributed by atoms with Crippen LogP contribution in [0.4, 0.5) is 5.82 Å². The van der Waals surface area contributed by atoms with E-state index in [2.05, 4.69) is 15.3 Å². The van der Waals surface area contributed by atoms with Gasteiger partial charge in [-0.15, -0.1) is 0 Å². The predicted octanol–water partition coefficient (Wildman–Crippen LogP) is 2.59. The van der Waals surface area contributed by atoms with Crippen molar-refractivity contribution in [3.63, 3.8) is 0 Å². The largest absolute Gasteiger partial charge is 0.388 e. The van der Waals surface area contributed by atoms with Gasteiger partial charge in [-0.25, -0.2) is 4.98 Å². The van der Waals surface area contributed by atoms with Gasteiger partial charge in [0, 0.05) is 6.54 Å². The molecule has 1 aromatic carbocycles. The van der Waals surface area contributed by atoms with Gasteiger partial charge in [0.25, 0.3) is 0 Å². The van der Waals surface area contributed by atoms with Crippen molar-refractivity contribution in [1.82, 2.24) is 9.97 Å². The molecular formula is C14H19N3O. The first-order valence-corrected chi connectivity index (χ1v) is 6.35. The van der Waals surface area contributed by atoms with Crippen LogP contribution < -0.4 is 5.32 Å². The van der Waals surface area contributed by atoms with E-state index in [4.69, 9.17) is 0 Å². The van der Waals surface area contributed by atoms with E-state index >= 15 is 0 Å². The monoisotopic (exact) mass is 245 g/mol. The fourth-order valence-corrected chi connectivity index (χ4v) is 1.80. The van der Waals surface area contributed by atoms with Gasteiger partial charge >= 0.3 is 0 Å². The number of fused-ring (bicyclic) bond motifs is 1. The van der Waals surface area contributed by atoms with Crippen molar-refractivity contribution in [3.05, 3.63) is 30.5 Å². The minimum Gasteiger partial charge on any atom is -0.388 e. The van der Waals surface area contributed by atoms with Crippen LogP contribution in [0.5, 0.6) is 0 Å². The highest BCUT2D eigenvalue weighted by Gasteiger charge is 2.21. The third-order valence-corrected chi connectivity index (χ3v) is 3.36. The number of anilines is 1. The molecule has 1 heterocycles. The Balaban J connectivity index is 2.12. The predicted molar refractivity (Wildman–Crippen MR) is 73.6 cm³/mol. The summed E-state index contributed by atoms with van der Waals surface area (Å²) in [7, 11) is 0. The minimum absolute atomic E-state index is 0.493. The van der Waals surface area contributed by atoms with Crippen molar-refractivity contribution < 1.29 is 5.11 Å². The molecule has 0 saturated carbocycles. The molecule has 0 amide bonds. The van der Waals surface area contributed by atoms with Crippen molar-refractivity contribution >= 4 is 16.9 Å². The molecule has 2 N–H and O–H groups in total. The third-order valence-electron chi connectivity index (χ3n) is 3.36. The number of rotatable bonds is 5. The van der Waals surface area contributed by atoms with E-state index < -0.39 is 5.60 Å². The molecule has 0 spiro atoms. The molecule has 0 unspecified atom stereocenters. The Hall–Kier alpha value is -1.68. The Morgan fingerprint density at radius 3 is 2.50 bits per heavy atom. The van der Waals surface area contributed by atoms with Gasteiger partial charge < -0.3 is 10.4 Å². The third kappa shape index (κ3) is 2.76. The summed E-state index contributed by atoms with van der Waals surface area (Å²) in [6.45, 7) is 4.46. The van der Waals surface area contributed by atoms with Crippen LogP contribution in [0.15, 0.2) is 30.5 Å². The molecule has 0 saturated heterocycles. The molecule has 0 radical (unpaired) electrons. The average Bonchev–Trinajstić information content (AvgIpc) is 2.44. The van der Waals surface area contributed by atoms with E-state index in [0.717, 1.165) is 23.9 Å². The molecular weight excluding hydrogens is 226 g/mol. The Labute approximate surface area is 107 Å². The van der Waals surface area contributed by atoms with Crippen molar-refractivity contribution in [1.29, 1.82) is 0 Å². The number of benzene rings is 1. The summed E-state index contributed by atoms with van der Waals surface area (Å²) in [4.78, 5) is 8.79. The van der Waals surface area contributed by atoms with Crippen LogP contribution in [0.25, 0.3) is 11.0 Å². The molecule has 0 fully saturated rings. The van der Waals surface area contributed by atoms with Crippen molar-refractivity contribution in [2.24, 2.45) is 0 Å². The lowest BCUT2D eigenvalue weighted by molar-refractivity contribution is 0.0456. The van der Waals surface area contributed by atoms with Crippen LogP contribution in [0.1, 0.15) is 26.7 Å². The first kappa shape index (κ1) is 12.8. The number of hydrogen-bond donors (Lipinski definition) is 2. The lowest BCUT2D eigenvalue weighted by atomic mass is 9.98. The van der Waals surface area contributed by atoms with E-state index in [0.29, 0.717) is 12.4 Å². The average molecular weight is 245 g/mol. The van der Waals surface area contributed by atoms with Crippen molar-refractivity contribution in [2.75, 3.05) is 11.9 Å². The van der Waals surface area contributed by atoms with Gasteiger partial charge in [-0.05, 0) is 25.0 Å². The number of hydrogen-bond acceptors (Lipinski definition) is 4. The zero-order valence-electron chi connectivity index (χ0n) is 10.8. The van der Waals surface area contributed by atoms with Gasteiger partial charge in [0.1, 0.15) is 5.82 Å². The van der Waals surface area contributed by atoms with Crippen LogP contribution in [-0.4, -0.2) is 27.2 Å². The highest BCUT2D eigenvalue weighted by molar-refractivity contribution is 5.75. The molecule has 1 aromatic heterocycles. The fourth-order valence-electron chi connectivity index (χ4n) is 1.80. The summed E-state index contributed by atoms with van der Waals surface area (Å²) >= 11 is 0. The Kier molecular flexibility index (Phi) is 3.77. The van der Waals surface area contributed by atoms with Gasteiger partial charge in [-0.3, -0.25) is 4.98 Å². The topological polar surface area (TPSA) is 58.0 Å². The smallest absolute Gasteiger partial charge is 0.145 e. The zero-order chi connectivity index (χ0) is 13.0. The second kappa shape index (κ2) is 5.31. The SMILES string of the molecule is CCC(O)(CC)CNc1cnc2ccccc2n1. The summed E-state index contributed by atoms with van der Waals surface area (Å²) in [6.07, 6.45) is 3.14. The number of aromatic nitrogens is 2. The molecule has 2 rings (SSSR count). The molecule has 96 valence electrons. The minimum atomic E-state index is -0.673. The van der Waals surface area contributed by atoms with Gasteiger partial charge in [-0.2, -0.15) is 0 Å². The van der Waals surface area contributed by atoms with Crippen LogP contribution in [-0.2, 0) is 0 Å². The first-order valence-electron chi connectivity index (χ1n) is 6.35. The Morgan fingerprint density at radius 2 is 1.83 bits per heavy atom. The Bertz CT molecular complexity index is 523. The summed E-state index contributed by atoms with van der Waals surface area (Å²) in [5.74, 6) is 0.703. The summed E-state index contributed by atoms with van der Waals surface area (Å²) < 4.78 is 0. The number of nitrogens with one attached hydrogen (secondary N) is 1. The molecule has 0 aliphatic heterocycles. The lowest BCUT2D eigenvalue weighted by Gasteiger charge is -2.25. The van der Waals surface area contributed by atoms with Gasteiger partial charge in [0.05, 0.1) is 22.8 Å². The van der Waals surface area contributed by atoms with E-state index in [1.807, 2.05) is 38.1 Å². The molecule has 0 bridgehead atoms. The second-order valence-corrected chi connectivity index (χ2v) is 4.53. The Morgan fingerprint density at radius 1 is 1.17 bits per heavy atom. The molecule has 0 aliphatic rings. The number of nitrogens with zero attached hydrogens (tertiary/aromatic N) is 2. The maximum atomic E-state index is 10.2. The van der Waals surface area contributed by atoms with Crippen LogP contribution >= 0.6 is 0 Å². The molecule has 0 atom stereocenters. The van der Waals surface area contributed by atoms with Crippen molar-refractivity contribution in [3.8, 4) is 0 Å². The fraction of sp³-hybridized carbons (Fsp3) is 0.429. The molecule has 4 heteroatoms. The molecule has 18 heavy (non-hydrogen) atoms.